The Morgan fingerprint density at radius 1 is 0.429 bits per heavy atom. The van der Waals surface area contributed by atoms with Gasteiger partial charge in [-0.15, -0.1) is 0 Å². The predicted octanol–water partition coefficient (Wildman–Crippen LogP) is 10.6. The van der Waals surface area contributed by atoms with Crippen molar-refractivity contribution >= 4 is 55.0 Å². The van der Waals surface area contributed by atoms with E-state index in [1.165, 1.54) is 16.3 Å². The van der Waals surface area contributed by atoms with Crippen LogP contribution in [0.3, 0.4) is 0 Å². The quantitative estimate of drug-likeness (QED) is 0.201. The molecule has 8 rings (SSSR count). The Bertz CT molecular complexity index is 2430. The number of nitrogens with zero attached hydrogens (tertiary/aromatic N) is 4. The number of aromatic nitrogens is 2. The summed E-state index contributed by atoms with van der Waals surface area (Å²) >= 11 is 0. The SMILES string of the molecule is [C-]#[N+]c1cccc(-n2c3ccc([N+]#[C-])cc3c3ccc(-c4cccc5c6ccccc6n(-c6ccccc6)c45)cc32)c1. The molecular formula is C38H22N4. The molecule has 0 radical (unpaired) electrons. The highest BCUT2D eigenvalue weighted by Crippen LogP contribution is 2.41. The van der Waals surface area contributed by atoms with Crippen LogP contribution in [0, 0.1) is 13.1 Å². The van der Waals surface area contributed by atoms with Gasteiger partial charge in [0.15, 0.2) is 11.4 Å². The van der Waals surface area contributed by atoms with Gasteiger partial charge in [-0.05, 0) is 59.5 Å². The van der Waals surface area contributed by atoms with Crippen molar-refractivity contribution < 1.29 is 0 Å². The maximum absolute atomic E-state index is 7.59. The lowest BCUT2D eigenvalue weighted by Gasteiger charge is -2.13. The molecule has 6 aromatic carbocycles. The lowest BCUT2D eigenvalue weighted by Crippen LogP contribution is -1.96. The van der Waals surface area contributed by atoms with Gasteiger partial charge in [0.25, 0.3) is 0 Å². The van der Waals surface area contributed by atoms with Gasteiger partial charge in [-0.2, -0.15) is 0 Å². The molecule has 0 aliphatic heterocycles. The molecule has 0 N–H and O–H groups in total. The molecule has 0 aliphatic rings. The Labute approximate surface area is 242 Å². The third-order valence-corrected chi connectivity index (χ3v) is 8.12. The molecule has 0 saturated heterocycles. The summed E-state index contributed by atoms with van der Waals surface area (Å²) in [5.41, 5.74) is 9.86. The zero-order chi connectivity index (χ0) is 28.2. The molecule has 0 amide bonds. The molecule has 0 bridgehead atoms. The number of hydrogen-bond donors (Lipinski definition) is 0. The fourth-order valence-corrected chi connectivity index (χ4v) is 6.32. The van der Waals surface area contributed by atoms with Crippen LogP contribution < -0.4 is 0 Å². The Morgan fingerprint density at radius 3 is 1.98 bits per heavy atom. The van der Waals surface area contributed by atoms with Crippen molar-refractivity contribution in [1.82, 2.24) is 9.13 Å². The summed E-state index contributed by atoms with van der Waals surface area (Å²) in [6, 6.07) is 45.8. The molecule has 2 heterocycles. The Morgan fingerprint density at radius 2 is 1.12 bits per heavy atom. The molecule has 2 aromatic heterocycles. The van der Waals surface area contributed by atoms with Crippen LogP contribution in [0.4, 0.5) is 11.4 Å². The van der Waals surface area contributed by atoms with E-state index in [1.807, 2.05) is 48.5 Å². The molecule has 0 unspecified atom stereocenters. The number of hydrogen-bond acceptors (Lipinski definition) is 0. The van der Waals surface area contributed by atoms with Gasteiger partial charge in [0.1, 0.15) is 0 Å². The number of rotatable bonds is 3. The average Bonchev–Trinajstić information content (AvgIpc) is 3.57. The number of fused-ring (bicyclic) bond motifs is 6. The van der Waals surface area contributed by atoms with Gasteiger partial charge < -0.3 is 9.13 Å². The minimum absolute atomic E-state index is 0.591. The zero-order valence-electron chi connectivity index (χ0n) is 22.5. The van der Waals surface area contributed by atoms with Crippen LogP contribution in [0.1, 0.15) is 0 Å². The highest BCUT2D eigenvalue weighted by atomic mass is 15.0. The zero-order valence-corrected chi connectivity index (χ0v) is 22.5. The maximum atomic E-state index is 7.59. The lowest BCUT2D eigenvalue weighted by molar-refractivity contribution is 1.18. The topological polar surface area (TPSA) is 18.6 Å². The second-order valence-electron chi connectivity index (χ2n) is 10.4. The molecule has 0 spiro atoms. The van der Waals surface area contributed by atoms with Crippen LogP contribution in [0.25, 0.3) is 75.8 Å². The summed E-state index contributed by atoms with van der Waals surface area (Å²) in [7, 11) is 0. The van der Waals surface area contributed by atoms with Crippen LogP contribution in [0.15, 0.2) is 133 Å². The van der Waals surface area contributed by atoms with Crippen LogP contribution >= 0.6 is 0 Å². The van der Waals surface area contributed by atoms with Gasteiger partial charge in [0.2, 0.25) is 0 Å². The Balaban J connectivity index is 1.48. The van der Waals surface area contributed by atoms with E-state index in [9.17, 15) is 0 Å². The summed E-state index contributed by atoms with van der Waals surface area (Å²) in [4.78, 5) is 7.37. The molecule has 4 nitrogen and oxygen atoms in total. The van der Waals surface area contributed by atoms with E-state index in [0.29, 0.717) is 11.4 Å². The predicted molar refractivity (Wildman–Crippen MR) is 173 cm³/mol. The third kappa shape index (κ3) is 3.47. The fraction of sp³-hybridized carbons (Fsp3) is 0. The van der Waals surface area contributed by atoms with Crippen molar-refractivity contribution in [1.29, 1.82) is 0 Å². The van der Waals surface area contributed by atoms with E-state index in [1.54, 1.807) is 0 Å². The molecule has 194 valence electrons. The van der Waals surface area contributed by atoms with E-state index >= 15 is 0 Å². The fourth-order valence-electron chi connectivity index (χ4n) is 6.32. The van der Waals surface area contributed by atoms with Crippen LogP contribution in [-0.2, 0) is 0 Å². The van der Waals surface area contributed by atoms with Gasteiger partial charge in [-0.1, -0.05) is 84.9 Å². The van der Waals surface area contributed by atoms with Crippen LogP contribution in [-0.4, -0.2) is 9.13 Å². The first-order chi connectivity index (χ1) is 20.7. The second kappa shape index (κ2) is 9.24. The molecule has 0 saturated carbocycles. The summed E-state index contributed by atoms with van der Waals surface area (Å²) in [5, 5.41) is 4.52. The second-order valence-corrected chi connectivity index (χ2v) is 10.4. The highest BCUT2D eigenvalue weighted by Gasteiger charge is 2.18. The Hall–Kier alpha value is -6.10. The molecule has 42 heavy (non-hydrogen) atoms. The third-order valence-electron chi connectivity index (χ3n) is 8.12. The first-order valence-electron chi connectivity index (χ1n) is 13.8. The van der Waals surface area contributed by atoms with Crippen LogP contribution in [0.5, 0.6) is 0 Å². The van der Waals surface area contributed by atoms with Gasteiger partial charge in [-0.3, -0.25) is 0 Å². The minimum Gasteiger partial charge on any atom is -0.311 e. The van der Waals surface area contributed by atoms with E-state index < -0.39 is 0 Å². The van der Waals surface area contributed by atoms with E-state index in [4.69, 9.17) is 13.1 Å². The van der Waals surface area contributed by atoms with Gasteiger partial charge >= 0.3 is 0 Å². The van der Waals surface area contributed by atoms with E-state index in [-0.39, 0.29) is 0 Å². The normalized spacial score (nSPS) is 11.3. The molecule has 0 aliphatic carbocycles. The molecular weight excluding hydrogens is 512 g/mol. The Kier molecular flexibility index (Phi) is 5.22. The summed E-state index contributed by atoms with van der Waals surface area (Å²) in [6.45, 7) is 15.2. The van der Waals surface area contributed by atoms with Crippen molar-refractivity contribution in [3.05, 3.63) is 156 Å². The summed E-state index contributed by atoms with van der Waals surface area (Å²) < 4.78 is 4.57. The summed E-state index contributed by atoms with van der Waals surface area (Å²) in [6.07, 6.45) is 0. The minimum atomic E-state index is 0.591. The smallest absolute Gasteiger partial charge is 0.189 e. The maximum Gasteiger partial charge on any atom is 0.189 e. The van der Waals surface area contributed by atoms with Crippen molar-refractivity contribution in [3.8, 4) is 22.5 Å². The summed E-state index contributed by atoms with van der Waals surface area (Å²) in [5.74, 6) is 0. The largest absolute Gasteiger partial charge is 0.311 e. The highest BCUT2D eigenvalue weighted by molar-refractivity contribution is 6.15. The first kappa shape index (κ1) is 23.8. The average molecular weight is 535 g/mol. The molecule has 4 heteroatoms. The van der Waals surface area contributed by atoms with Crippen molar-refractivity contribution in [2.24, 2.45) is 0 Å². The van der Waals surface area contributed by atoms with Crippen molar-refractivity contribution in [2.45, 2.75) is 0 Å². The van der Waals surface area contributed by atoms with Crippen molar-refractivity contribution in [3.63, 3.8) is 0 Å². The van der Waals surface area contributed by atoms with Crippen molar-refractivity contribution in [2.75, 3.05) is 0 Å². The number of para-hydroxylation sites is 3. The first-order valence-corrected chi connectivity index (χ1v) is 13.8. The molecule has 0 atom stereocenters. The van der Waals surface area contributed by atoms with E-state index in [2.05, 4.69) is 104 Å². The molecule has 0 fully saturated rings. The van der Waals surface area contributed by atoms with Gasteiger partial charge in [0.05, 0.1) is 35.2 Å². The van der Waals surface area contributed by atoms with Gasteiger partial charge in [0, 0.05) is 33.1 Å². The van der Waals surface area contributed by atoms with Crippen LogP contribution in [0.2, 0.25) is 0 Å². The van der Waals surface area contributed by atoms with E-state index in [0.717, 1.165) is 49.8 Å². The number of benzene rings is 6. The standard InChI is InChI=1S/C38H22N4/c1-39-26-10-8-13-29(23-26)41-36-21-19-27(40-2)24-34(36)32-20-18-25(22-37(32)41)30-15-9-16-33-31-14-6-7-17-35(31)42(38(30)33)28-11-4-3-5-12-28/h3-24H. The molecule has 8 aromatic rings. The monoisotopic (exact) mass is 534 g/mol. The lowest BCUT2D eigenvalue weighted by atomic mass is 10.00. The van der Waals surface area contributed by atoms with Gasteiger partial charge in [-0.25, -0.2) is 9.69 Å².